The number of nitrogens with one attached hydrogen (secondary N) is 1. The van der Waals surface area contributed by atoms with Crippen LogP contribution >= 0.6 is 0 Å². The minimum Gasteiger partial charge on any atom is -0.493 e. The molecule has 9 nitrogen and oxygen atoms in total. The number of rotatable bonds is 11. The lowest BCUT2D eigenvalue weighted by molar-refractivity contribution is -0.141. The maximum absolute atomic E-state index is 14.2. The van der Waals surface area contributed by atoms with Crippen LogP contribution < -0.4 is 14.8 Å². The summed E-state index contributed by atoms with van der Waals surface area (Å²) < 4.78 is 12.9. The zero-order valence-electron chi connectivity index (χ0n) is 23.0. The van der Waals surface area contributed by atoms with Gasteiger partial charge in [0.2, 0.25) is 11.8 Å². The molecule has 0 saturated heterocycles. The average Bonchev–Trinajstić information content (AvgIpc) is 3.65. The summed E-state index contributed by atoms with van der Waals surface area (Å²) >= 11 is 0. The van der Waals surface area contributed by atoms with Gasteiger partial charge in [-0.05, 0) is 43.0 Å². The molecular formula is C31H35N5O4. The maximum atomic E-state index is 14.2. The molecule has 1 N–H and O–H groups in total. The van der Waals surface area contributed by atoms with E-state index in [0.717, 1.165) is 36.8 Å². The quantitative estimate of drug-likeness (QED) is 0.304. The zero-order chi connectivity index (χ0) is 27.9. The van der Waals surface area contributed by atoms with E-state index in [1.54, 1.807) is 29.9 Å². The summed E-state index contributed by atoms with van der Waals surface area (Å²) in [5.74, 6) is 0.447. The van der Waals surface area contributed by atoms with E-state index >= 15 is 0 Å². The number of para-hydroxylation sites is 2. The summed E-state index contributed by atoms with van der Waals surface area (Å²) in [6.45, 7) is 0.257. The third-order valence-corrected chi connectivity index (χ3v) is 7.50. The molecule has 0 spiro atoms. The molecule has 4 aromatic rings. The van der Waals surface area contributed by atoms with Crippen molar-refractivity contribution < 1.29 is 19.1 Å². The van der Waals surface area contributed by atoms with Crippen LogP contribution in [-0.2, 0) is 22.6 Å². The topological polar surface area (TPSA) is 98.6 Å². The summed E-state index contributed by atoms with van der Waals surface area (Å²) in [6, 6.07) is 22.0. The fourth-order valence-corrected chi connectivity index (χ4v) is 5.47. The van der Waals surface area contributed by atoms with Crippen LogP contribution in [0.4, 0.5) is 0 Å². The Kier molecular flexibility index (Phi) is 8.59. The third-order valence-electron chi connectivity index (χ3n) is 7.50. The van der Waals surface area contributed by atoms with Gasteiger partial charge in [0.15, 0.2) is 11.5 Å². The van der Waals surface area contributed by atoms with Crippen molar-refractivity contribution in [2.45, 2.75) is 50.7 Å². The highest BCUT2D eigenvalue weighted by atomic mass is 16.5. The van der Waals surface area contributed by atoms with E-state index < -0.39 is 6.04 Å². The van der Waals surface area contributed by atoms with Gasteiger partial charge in [-0.2, -0.15) is 0 Å². The molecule has 0 radical (unpaired) electrons. The smallest absolute Gasteiger partial charge is 0.247 e. The summed E-state index contributed by atoms with van der Waals surface area (Å²) in [7, 11) is 3.11. The summed E-state index contributed by atoms with van der Waals surface area (Å²) in [5.41, 5.74) is 3.10. The van der Waals surface area contributed by atoms with Crippen LogP contribution in [-0.4, -0.2) is 58.5 Å². The Labute approximate surface area is 234 Å². The van der Waals surface area contributed by atoms with Crippen molar-refractivity contribution in [2.75, 3.05) is 20.8 Å². The molecule has 9 heteroatoms. The van der Waals surface area contributed by atoms with Crippen molar-refractivity contribution in [3.05, 3.63) is 83.9 Å². The van der Waals surface area contributed by atoms with Gasteiger partial charge in [0.25, 0.3) is 0 Å². The van der Waals surface area contributed by atoms with E-state index in [1.165, 1.54) is 0 Å². The normalized spacial score (nSPS) is 14.2. The highest BCUT2D eigenvalue weighted by Crippen LogP contribution is 2.38. The first-order valence-corrected chi connectivity index (χ1v) is 13.7. The fraction of sp³-hybridized carbons (Fsp3) is 0.355. The first-order valence-electron chi connectivity index (χ1n) is 13.7. The molecule has 1 fully saturated rings. The molecule has 208 valence electrons. The van der Waals surface area contributed by atoms with Crippen LogP contribution in [0.15, 0.2) is 72.8 Å². The molecule has 1 aliphatic carbocycles. The predicted octanol–water partition coefficient (Wildman–Crippen LogP) is 4.32. The van der Waals surface area contributed by atoms with Gasteiger partial charge >= 0.3 is 0 Å². The number of benzene rings is 3. The molecule has 0 aliphatic heterocycles. The summed E-state index contributed by atoms with van der Waals surface area (Å²) in [5, 5.41) is 11.7. The van der Waals surface area contributed by atoms with Gasteiger partial charge < -0.3 is 19.7 Å². The van der Waals surface area contributed by atoms with Crippen molar-refractivity contribution in [3.8, 4) is 11.5 Å². The number of carbonyl (C=O) groups excluding carboxylic acids is 2. The van der Waals surface area contributed by atoms with Gasteiger partial charge in [0.1, 0.15) is 18.1 Å². The number of hydrogen-bond donors (Lipinski definition) is 1. The van der Waals surface area contributed by atoms with Gasteiger partial charge in [-0.25, -0.2) is 4.68 Å². The van der Waals surface area contributed by atoms with Crippen molar-refractivity contribution in [2.24, 2.45) is 0 Å². The third kappa shape index (κ3) is 5.93. The van der Waals surface area contributed by atoms with Crippen molar-refractivity contribution in [3.63, 3.8) is 0 Å². The maximum Gasteiger partial charge on any atom is 0.247 e. The van der Waals surface area contributed by atoms with Gasteiger partial charge in [-0.1, -0.05) is 72.7 Å². The van der Waals surface area contributed by atoms with Crippen LogP contribution in [0.5, 0.6) is 11.5 Å². The molecule has 1 saturated carbocycles. The number of nitrogens with zero attached hydrogens (tertiary/aromatic N) is 4. The van der Waals surface area contributed by atoms with Crippen LogP contribution in [0.1, 0.15) is 42.9 Å². The lowest BCUT2D eigenvalue weighted by Crippen LogP contribution is -2.47. The molecule has 2 amide bonds. The molecule has 1 aliphatic rings. The minimum absolute atomic E-state index is 0.0607. The van der Waals surface area contributed by atoms with Crippen molar-refractivity contribution in [1.82, 2.24) is 25.2 Å². The zero-order valence-corrected chi connectivity index (χ0v) is 23.0. The molecule has 3 aromatic carbocycles. The Morgan fingerprint density at radius 3 is 2.48 bits per heavy atom. The fourth-order valence-electron chi connectivity index (χ4n) is 5.47. The Hall–Kier alpha value is -4.40. The SMILES string of the molecule is COc1cccc(C(C(=O)NC2CCCC2)N(CCc2ccccc2)C(=O)Cn2nnc3ccccc32)c1OC. The molecule has 0 bridgehead atoms. The number of carbonyl (C=O) groups is 2. The van der Waals surface area contributed by atoms with E-state index in [1.807, 2.05) is 66.7 Å². The number of amides is 2. The lowest BCUT2D eigenvalue weighted by atomic mass is 10.0. The first-order chi connectivity index (χ1) is 19.6. The largest absolute Gasteiger partial charge is 0.493 e. The number of hydrogen-bond acceptors (Lipinski definition) is 6. The van der Waals surface area contributed by atoms with Gasteiger partial charge in [-0.15, -0.1) is 5.10 Å². The Morgan fingerprint density at radius 2 is 1.73 bits per heavy atom. The van der Waals surface area contributed by atoms with Crippen LogP contribution in [0.25, 0.3) is 11.0 Å². The summed E-state index contributed by atoms with van der Waals surface area (Å²) in [6.07, 6.45) is 4.58. The highest BCUT2D eigenvalue weighted by molar-refractivity contribution is 5.90. The first kappa shape index (κ1) is 27.2. The second kappa shape index (κ2) is 12.6. The number of methoxy groups -OCH3 is 2. The van der Waals surface area contributed by atoms with E-state index in [2.05, 4.69) is 15.6 Å². The van der Waals surface area contributed by atoms with E-state index in [9.17, 15) is 9.59 Å². The van der Waals surface area contributed by atoms with Crippen LogP contribution in [0, 0.1) is 0 Å². The lowest BCUT2D eigenvalue weighted by Gasteiger charge is -2.33. The van der Waals surface area contributed by atoms with E-state index in [-0.39, 0.29) is 24.4 Å². The molecule has 1 unspecified atom stereocenters. The Morgan fingerprint density at radius 1 is 0.975 bits per heavy atom. The molecule has 1 aromatic heterocycles. The van der Waals surface area contributed by atoms with Gasteiger partial charge in [-0.3, -0.25) is 9.59 Å². The Bertz CT molecular complexity index is 1450. The van der Waals surface area contributed by atoms with Crippen molar-refractivity contribution >= 4 is 22.8 Å². The molecule has 40 heavy (non-hydrogen) atoms. The molecule has 5 rings (SSSR count). The summed E-state index contributed by atoms with van der Waals surface area (Å²) in [4.78, 5) is 29.9. The van der Waals surface area contributed by atoms with Crippen LogP contribution in [0.2, 0.25) is 0 Å². The van der Waals surface area contributed by atoms with Crippen LogP contribution in [0.3, 0.4) is 0 Å². The highest BCUT2D eigenvalue weighted by Gasteiger charge is 2.36. The monoisotopic (exact) mass is 541 g/mol. The molecule has 1 atom stereocenters. The molecular weight excluding hydrogens is 506 g/mol. The minimum atomic E-state index is -0.934. The Balaban J connectivity index is 1.55. The second-order valence-corrected chi connectivity index (χ2v) is 10.0. The second-order valence-electron chi connectivity index (χ2n) is 10.0. The predicted molar refractivity (Wildman–Crippen MR) is 152 cm³/mol. The number of ether oxygens (including phenoxy) is 2. The van der Waals surface area contributed by atoms with E-state index in [0.29, 0.717) is 35.5 Å². The standard InChI is InChI=1S/C31H35N5O4/c1-39-27-18-10-15-24(30(27)40-2)29(31(38)32-23-13-6-7-14-23)35(20-19-22-11-4-3-5-12-22)28(37)21-36-26-17-9-8-16-25(26)33-34-36/h3-5,8-12,15-18,23,29H,6-7,13-14,19-21H2,1-2H3,(H,32,38). The number of fused-ring (bicyclic) bond motifs is 1. The van der Waals surface area contributed by atoms with Gasteiger partial charge in [0.05, 0.1) is 19.7 Å². The molecule has 1 heterocycles. The van der Waals surface area contributed by atoms with Gasteiger partial charge in [0, 0.05) is 18.2 Å². The number of aromatic nitrogens is 3. The average molecular weight is 542 g/mol. The van der Waals surface area contributed by atoms with Crippen molar-refractivity contribution in [1.29, 1.82) is 0 Å². The van der Waals surface area contributed by atoms with E-state index in [4.69, 9.17) is 9.47 Å².